The molecule has 0 aliphatic heterocycles. The van der Waals surface area contributed by atoms with Crippen molar-refractivity contribution in [2.75, 3.05) is 20.3 Å². The summed E-state index contributed by atoms with van der Waals surface area (Å²) in [4.78, 5) is 12.1. The molecule has 0 bridgehead atoms. The average Bonchev–Trinajstić information content (AvgIpc) is 3.02. The molecule has 0 aliphatic carbocycles. The minimum absolute atomic E-state index is 0.173. The zero-order chi connectivity index (χ0) is 15.1. The molecule has 1 heterocycles. The van der Waals surface area contributed by atoms with E-state index in [1.807, 2.05) is 24.4 Å². The summed E-state index contributed by atoms with van der Waals surface area (Å²) in [6, 6.07) is 9.03. The summed E-state index contributed by atoms with van der Waals surface area (Å²) in [5.74, 6) is -0.173. The van der Waals surface area contributed by atoms with Crippen molar-refractivity contribution in [1.29, 1.82) is 0 Å². The topological polar surface area (TPSA) is 76.4 Å². The second kappa shape index (κ2) is 7.56. The van der Waals surface area contributed by atoms with Gasteiger partial charge in [-0.1, -0.05) is 6.07 Å². The van der Waals surface area contributed by atoms with E-state index in [4.69, 9.17) is 4.74 Å². The second-order valence-electron chi connectivity index (χ2n) is 4.65. The highest BCUT2D eigenvalue weighted by molar-refractivity contribution is 5.94. The normalized spacial score (nSPS) is 12.1. The maximum atomic E-state index is 12.1. The predicted molar refractivity (Wildman–Crippen MR) is 78.4 cm³/mol. The Hall–Kier alpha value is -2.18. The number of hydrogen-bond acceptors (Lipinski definition) is 4. The van der Waals surface area contributed by atoms with Crippen molar-refractivity contribution in [3.63, 3.8) is 0 Å². The third-order valence-electron chi connectivity index (χ3n) is 3.00. The van der Waals surface area contributed by atoms with Crippen LogP contribution in [0.5, 0.6) is 0 Å². The predicted octanol–water partition coefficient (Wildman–Crippen LogP) is 0.999. The Morgan fingerprint density at radius 1 is 1.48 bits per heavy atom. The molecule has 112 valence electrons. The van der Waals surface area contributed by atoms with Crippen LogP contribution in [0.4, 0.5) is 0 Å². The van der Waals surface area contributed by atoms with Crippen molar-refractivity contribution in [3.8, 4) is 5.69 Å². The van der Waals surface area contributed by atoms with Gasteiger partial charge in [0, 0.05) is 31.6 Å². The van der Waals surface area contributed by atoms with Crippen LogP contribution in [-0.4, -0.2) is 47.2 Å². The number of carbonyl (C=O) groups is 1. The van der Waals surface area contributed by atoms with Gasteiger partial charge in [0.05, 0.1) is 18.4 Å². The number of carbonyl (C=O) groups excluding carboxylic acids is 1. The van der Waals surface area contributed by atoms with Gasteiger partial charge in [0.15, 0.2) is 0 Å². The van der Waals surface area contributed by atoms with Crippen molar-refractivity contribution in [1.82, 2.24) is 15.1 Å². The first-order valence-electron chi connectivity index (χ1n) is 6.76. The molecule has 2 N–H and O–H groups in total. The number of aromatic nitrogens is 2. The number of amides is 1. The van der Waals surface area contributed by atoms with Crippen molar-refractivity contribution >= 4 is 5.91 Å². The van der Waals surface area contributed by atoms with Gasteiger partial charge < -0.3 is 15.2 Å². The van der Waals surface area contributed by atoms with Crippen LogP contribution in [0.15, 0.2) is 42.7 Å². The van der Waals surface area contributed by atoms with Crippen LogP contribution in [-0.2, 0) is 4.74 Å². The maximum absolute atomic E-state index is 12.1. The molecule has 2 rings (SSSR count). The summed E-state index contributed by atoms with van der Waals surface area (Å²) in [5.41, 5.74) is 1.39. The zero-order valence-corrected chi connectivity index (χ0v) is 11.9. The highest BCUT2D eigenvalue weighted by atomic mass is 16.5. The van der Waals surface area contributed by atoms with Gasteiger partial charge in [-0.2, -0.15) is 5.10 Å². The standard InChI is InChI=1S/C15H19N3O3/c1-21-11-14(19)6-8-16-15(20)12-4-2-5-13(10-12)18-9-3-7-17-18/h2-5,7,9-10,14,19H,6,8,11H2,1H3,(H,16,20). The molecule has 0 radical (unpaired) electrons. The number of benzene rings is 1. The molecule has 0 spiro atoms. The molecule has 1 amide bonds. The summed E-state index contributed by atoms with van der Waals surface area (Å²) in [6.07, 6.45) is 3.39. The van der Waals surface area contributed by atoms with Gasteiger partial charge in [0.1, 0.15) is 0 Å². The third-order valence-corrected chi connectivity index (χ3v) is 3.00. The van der Waals surface area contributed by atoms with Crippen LogP contribution in [0, 0.1) is 0 Å². The molecule has 21 heavy (non-hydrogen) atoms. The van der Waals surface area contributed by atoms with Gasteiger partial charge in [-0.3, -0.25) is 4.79 Å². The van der Waals surface area contributed by atoms with Gasteiger partial charge in [-0.15, -0.1) is 0 Å². The fraction of sp³-hybridized carbons (Fsp3) is 0.333. The summed E-state index contributed by atoms with van der Waals surface area (Å²) >= 11 is 0. The largest absolute Gasteiger partial charge is 0.391 e. The van der Waals surface area contributed by atoms with Crippen molar-refractivity contribution < 1.29 is 14.6 Å². The first-order valence-corrected chi connectivity index (χ1v) is 6.76. The van der Waals surface area contributed by atoms with Crippen molar-refractivity contribution in [2.45, 2.75) is 12.5 Å². The molecule has 1 unspecified atom stereocenters. The summed E-state index contributed by atoms with van der Waals surface area (Å²) in [5, 5.41) is 16.4. The van der Waals surface area contributed by atoms with Gasteiger partial charge in [0.25, 0.3) is 5.91 Å². The van der Waals surface area contributed by atoms with E-state index >= 15 is 0 Å². The highest BCUT2D eigenvalue weighted by Crippen LogP contribution is 2.09. The minimum atomic E-state index is -0.564. The molecule has 0 saturated heterocycles. The number of aliphatic hydroxyl groups excluding tert-OH is 1. The van der Waals surface area contributed by atoms with E-state index in [0.29, 0.717) is 18.5 Å². The Balaban J connectivity index is 1.92. The second-order valence-corrected chi connectivity index (χ2v) is 4.65. The summed E-state index contributed by atoms with van der Waals surface area (Å²) in [6.45, 7) is 0.667. The van der Waals surface area contributed by atoms with E-state index in [2.05, 4.69) is 10.4 Å². The fourth-order valence-electron chi connectivity index (χ4n) is 1.94. The molecule has 6 nitrogen and oxygen atoms in total. The lowest BCUT2D eigenvalue weighted by atomic mass is 10.2. The van der Waals surface area contributed by atoms with Crippen molar-refractivity contribution in [2.24, 2.45) is 0 Å². The van der Waals surface area contributed by atoms with Crippen LogP contribution in [0.1, 0.15) is 16.8 Å². The maximum Gasteiger partial charge on any atom is 0.251 e. The number of rotatable bonds is 7. The molecule has 6 heteroatoms. The van der Waals surface area contributed by atoms with Gasteiger partial charge >= 0.3 is 0 Å². The van der Waals surface area contributed by atoms with E-state index < -0.39 is 6.10 Å². The molecule has 1 aromatic carbocycles. The lowest BCUT2D eigenvalue weighted by molar-refractivity contribution is 0.0587. The number of nitrogens with one attached hydrogen (secondary N) is 1. The molecule has 0 saturated carbocycles. The van der Waals surface area contributed by atoms with Gasteiger partial charge in [0.2, 0.25) is 0 Å². The molecule has 1 aromatic heterocycles. The summed E-state index contributed by atoms with van der Waals surface area (Å²) in [7, 11) is 1.53. The first-order chi connectivity index (χ1) is 10.2. The monoisotopic (exact) mass is 289 g/mol. The number of aliphatic hydroxyl groups is 1. The Bertz CT molecular complexity index is 569. The lowest BCUT2D eigenvalue weighted by Crippen LogP contribution is -2.28. The summed E-state index contributed by atoms with van der Waals surface area (Å²) < 4.78 is 6.52. The van der Waals surface area contributed by atoms with E-state index in [-0.39, 0.29) is 12.5 Å². The van der Waals surface area contributed by atoms with E-state index in [1.165, 1.54) is 7.11 Å². The zero-order valence-electron chi connectivity index (χ0n) is 11.9. The minimum Gasteiger partial charge on any atom is -0.391 e. The number of nitrogens with zero attached hydrogens (tertiary/aromatic N) is 2. The molecular formula is C15H19N3O3. The van der Waals surface area contributed by atoms with E-state index in [9.17, 15) is 9.90 Å². The first kappa shape index (κ1) is 15.2. The number of methoxy groups -OCH3 is 1. The van der Waals surface area contributed by atoms with Crippen LogP contribution >= 0.6 is 0 Å². The van der Waals surface area contributed by atoms with Gasteiger partial charge in [-0.05, 0) is 30.7 Å². The van der Waals surface area contributed by atoms with Crippen molar-refractivity contribution in [3.05, 3.63) is 48.3 Å². The van der Waals surface area contributed by atoms with Crippen LogP contribution in [0.3, 0.4) is 0 Å². The van der Waals surface area contributed by atoms with E-state index in [1.54, 1.807) is 23.0 Å². The lowest BCUT2D eigenvalue weighted by Gasteiger charge is -2.10. The smallest absolute Gasteiger partial charge is 0.251 e. The molecule has 1 atom stereocenters. The quantitative estimate of drug-likeness (QED) is 0.797. The van der Waals surface area contributed by atoms with E-state index in [0.717, 1.165) is 5.69 Å². The SMILES string of the molecule is COCC(O)CCNC(=O)c1cccc(-n2cccn2)c1. The Labute approximate surface area is 123 Å². The number of ether oxygens (including phenoxy) is 1. The molecule has 2 aromatic rings. The molecular weight excluding hydrogens is 270 g/mol. The fourth-order valence-corrected chi connectivity index (χ4v) is 1.94. The molecule has 0 fully saturated rings. The van der Waals surface area contributed by atoms with Crippen LogP contribution in [0.25, 0.3) is 5.69 Å². The Morgan fingerprint density at radius 2 is 2.33 bits per heavy atom. The van der Waals surface area contributed by atoms with Crippen LogP contribution < -0.4 is 5.32 Å². The highest BCUT2D eigenvalue weighted by Gasteiger charge is 2.08. The third kappa shape index (κ3) is 4.40. The van der Waals surface area contributed by atoms with Gasteiger partial charge in [-0.25, -0.2) is 4.68 Å². The Kier molecular flexibility index (Phi) is 5.48. The molecule has 0 aliphatic rings. The van der Waals surface area contributed by atoms with Crippen LogP contribution in [0.2, 0.25) is 0 Å². The number of hydrogen-bond donors (Lipinski definition) is 2. The average molecular weight is 289 g/mol. The Morgan fingerprint density at radius 3 is 3.05 bits per heavy atom.